The molecule has 0 aromatic heterocycles. The first-order chi connectivity index (χ1) is 12.3. The molecule has 0 saturated heterocycles. The summed E-state index contributed by atoms with van der Waals surface area (Å²) in [5.41, 5.74) is 10.3. The highest BCUT2D eigenvalue weighted by atomic mass is 16.4. The Kier molecular flexibility index (Phi) is 9.42. The van der Waals surface area contributed by atoms with Gasteiger partial charge in [0.2, 0.25) is 23.6 Å². The van der Waals surface area contributed by atoms with Crippen molar-refractivity contribution in [3.8, 4) is 0 Å². The molecule has 0 spiro atoms. The minimum Gasteiger partial charge on any atom is -0.481 e. The summed E-state index contributed by atoms with van der Waals surface area (Å²) in [5, 5.41) is 23.9. The Labute approximate surface area is 153 Å². The van der Waals surface area contributed by atoms with Gasteiger partial charge in [0.15, 0.2) is 0 Å². The van der Waals surface area contributed by atoms with Crippen molar-refractivity contribution in [2.45, 2.75) is 50.9 Å². The lowest BCUT2D eigenvalue weighted by Crippen LogP contribution is -2.55. The number of nitrogens with two attached hydrogens (primary N) is 2. The highest BCUT2D eigenvalue weighted by molar-refractivity contribution is 5.95. The minimum absolute atomic E-state index is 0.418. The molecule has 4 amide bonds. The van der Waals surface area contributed by atoms with Crippen LogP contribution in [0.1, 0.15) is 26.7 Å². The minimum atomic E-state index is -1.67. The molecule has 0 aromatic carbocycles. The number of carbonyl (C=O) groups excluding carboxylic acids is 4. The molecular weight excluding hydrogens is 366 g/mol. The SMILES string of the molecule is C[C@H](NC(=O)[C@H](C)NC(=O)[C@@H](N)CC(N)=O)C(=O)N[C@@H](CC(=O)O)C(=O)O. The third-order valence-electron chi connectivity index (χ3n) is 3.26. The van der Waals surface area contributed by atoms with Crippen molar-refractivity contribution in [2.75, 3.05) is 0 Å². The topological polar surface area (TPSA) is 231 Å². The molecule has 0 aliphatic rings. The summed E-state index contributed by atoms with van der Waals surface area (Å²) >= 11 is 0. The fourth-order valence-electron chi connectivity index (χ4n) is 1.77. The average Bonchev–Trinajstić information content (AvgIpc) is 2.52. The number of hydrogen-bond acceptors (Lipinski definition) is 7. The number of nitrogens with one attached hydrogen (secondary N) is 3. The predicted octanol–water partition coefficient (Wildman–Crippen LogP) is -3.76. The number of hydrogen-bond donors (Lipinski definition) is 7. The second-order valence-electron chi connectivity index (χ2n) is 5.73. The molecule has 0 saturated carbocycles. The molecule has 0 fully saturated rings. The summed E-state index contributed by atoms with van der Waals surface area (Å²) in [7, 11) is 0. The molecule has 0 aromatic rings. The largest absolute Gasteiger partial charge is 0.481 e. The van der Waals surface area contributed by atoms with Gasteiger partial charge in [0, 0.05) is 0 Å². The van der Waals surface area contributed by atoms with Crippen LogP contribution in [0.3, 0.4) is 0 Å². The Morgan fingerprint density at radius 2 is 1.26 bits per heavy atom. The van der Waals surface area contributed by atoms with Crippen LogP contribution in [0.4, 0.5) is 0 Å². The molecule has 13 nitrogen and oxygen atoms in total. The van der Waals surface area contributed by atoms with Crippen molar-refractivity contribution in [3.05, 3.63) is 0 Å². The van der Waals surface area contributed by atoms with Crippen LogP contribution in [0.25, 0.3) is 0 Å². The lowest BCUT2D eigenvalue weighted by atomic mass is 10.1. The number of aliphatic carboxylic acids is 2. The first-order valence-corrected chi connectivity index (χ1v) is 7.74. The molecule has 13 heteroatoms. The van der Waals surface area contributed by atoms with Gasteiger partial charge in [0.25, 0.3) is 0 Å². The van der Waals surface area contributed by atoms with E-state index in [-0.39, 0.29) is 0 Å². The molecule has 0 bridgehead atoms. The van der Waals surface area contributed by atoms with Gasteiger partial charge in [-0.3, -0.25) is 24.0 Å². The summed E-state index contributed by atoms with van der Waals surface area (Å²) in [5.74, 6) is -6.30. The number of carboxylic acids is 2. The highest BCUT2D eigenvalue weighted by Gasteiger charge is 2.27. The zero-order valence-corrected chi connectivity index (χ0v) is 14.7. The van der Waals surface area contributed by atoms with E-state index in [0.29, 0.717) is 0 Å². The van der Waals surface area contributed by atoms with Gasteiger partial charge in [0.1, 0.15) is 18.1 Å². The molecule has 0 unspecified atom stereocenters. The predicted molar refractivity (Wildman–Crippen MR) is 88.8 cm³/mol. The molecular formula is C14H23N5O8. The van der Waals surface area contributed by atoms with E-state index >= 15 is 0 Å². The third kappa shape index (κ3) is 9.15. The van der Waals surface area contributed by atoms with Gasteiger partial charge in [0.05, 0.1) is 18.9 Å². The molecule has 152 valence electrons. The van der Waals surface area contributed by atoms with E-state index in [0.717, 1.165) is 0 Å². The monoisotopic (exact) mass is 389 g/mol. The second-order valence-corrected chi connectivity index (χ2v) is 5.73. The Hall–Kier alpha value is -3.22. The van der Waals surface area contributed by atoms with Gasteiger partial charge in [-0.25, -0.2) is 4.79 Å². The second kappa shape index (κ2) is 10.7. The van der Waals surface area contributed by atoms with E-state index in [9.17, 15) is 28.8 Å². The van der Waals surface area contributed by atoms with Crippen LogP contribution in [0.15, 0.2) is 0 Å². The van der Waals surface area contributed by atoms with Gasteiger partial charge in [-0.05, 0) is 13.8 Å². The lowest BCUT2D eigenvalue weighted by Gasteiger charge is -2.21. The zero-order valence-electron chi connectivity index (χ0n) is 14.7. The number of carbonyl (C=O) groups is 6. The van der Waals surface area contributed by atoms with E-state index in [1.54, 1.807) is 0 Å². The number of primary amides is 1. The Balaban J connectivity index is 4.67. The van der Waals surface area contributed by atoms with Crippen molar-refractivity contribution >= 4 is 35.6 Å². The first-order valence-electron chi connectivity index (χ1n) is 7.74. The quantitative estimate of drug-likeness (QED) is 0.183. The summed E-state index contributed by atoms with van der Waals surface area (Å²) in [6, 6.07) is -5.25. The van der Waals surface area contributed by atoms with Crippen LogP contribution in [-0.4, -0.2) is 69.9 Å². The van der Waals surface area contributed by atoms with Crippen LogP contribution >= 0.6 is 0 Å². The van der Waals surface area contributed by atoms with E-state index in [4.69, 9.17) is 21.7 Å². The van der Waals surface area contributed by atoms with E-state index in [1.165, 1.54) is 13.8 Å². The fraction of sp³-hybridized carbons (Fsp3) is 0.571. The van der Waals surface area contributed by atoms with Crippen LogP contribution in [0.2, 0.25) is 0 Å². The van der Waals surface area contributed by atoms with Crippen LogP contribution in [0.5, 0.6) is 0 Å². The van der Waals surface area contributed by atoms with Crippen molar-refractivity contribution in [1.29, 1.82) is 0 Å². The van der Waals surface area contributed by atoms with Gasteiger partial charge in [-0.1, -0.05) is 0 Å². The van der Waals surface area contributed by atoms with Gasteiger partial charge < -0.3 is 37.6 Å². The molecule has 0 aliphatic heterocycles. The lowest BCUT2D eigenvalue weighted by molar-refractivity contribution is -0.147. The zero-order chi connectivity index (χ0) is 21.3. The van der Waals surface area contributed by atoms with Crippen LogP contribution in [-0.2, 0) is 28.8 Å². The summed E-state index contributed by atoms with van der Waals surface area (Å²) in [6.45, 7) is 2.53. The maximum absolute atomic E-state index is 12.0. The molecule has 0 rings (SSSR count). The highest BCUT2D eigenvalue weighted by Crippen LogP contribution is 1.96. The van der Waals surface area contributed by atoms with Crippen molar-refractivity contribution < 1.29 is 39.0 Å². The van der Waals surface area contributed by atoms with Crippen molar-refractivity contribution in [3.63, 3.8) is 0 Å². The molecule has 27 heavy (non-hydrogen) atoms. The Morgan fingerprint density at radius 1 is 0.815 bits per heavy atom. The molecule has 9 N–H and O–H groups in total. The maximum Gasteiger partial charge on any atom is 0.326 e. The summed E-state index contributed by atoms with van der Waals surface area (Å²) < 4.78 is 0. The molecule has 4 atom stereocenters. The molecule has 0 radical (unpaired) electrons. The van der Waals surface area contributed by atoms with E-state index < -0.39 is 72.6 Å². The Morgan fingerprint density at radius 3 is 1.67 bits per heavy atom. The standard InChI is InChI=1S/C14H23N5O8/c1-5(18-13(25)7(15)3-9(16)20)11(23)17-6(2)12(24)19-8(14(26)27)4-10(21)22/h5-8H,3-4,15H2,1-2H3,(H2,16,20)(H,17,23)(H,18,25)(H,19,24)(H,21,22)(H,26,27)/t5-,6-,7-,8-/m0/s1. The van der Waals surface area contributed by atoms with E-state index in [1.807, 2.05) is 5.32 Å². The number of amides is 4. The van der Waals surface area contributed by atoms with Gasteiger partial charge in [-0.2, -0.15) is 0 Å². The normalized spacial score (nSPS) is 14.8. The maximum atomic E-state index is 12.0. The first kappa shape index (κ1) is 23.8. The summed E-state index contributed by atoms with van der Waals surface area (Å²) in [6.07, 6.45) is -1.26. The smallest absolute Gasteiger partial charge is 0.326 e. The van der Waals surface area contributed by atoms with E-state index in [2.05, 4.69) is 10.6 Å². The Bertz CT molecular complexity index is 623. The molecule has 0 heterocycles. The average molecular weight is 389 g/mol. The van der Waals surface area contributed by atoms with Crippen LogP contribution < -0.4 is 27.4 Å². The fourth-order valence-corrected chi connectivity index (χ4v) is 1.77. The molecule has 0 aliphatic carbocycles. The van der Waals surface area contributed by atoms with Gasteiger partial charge >= 0.3 is 11.9 Å². The summed E-state index contributed by atoms with van der Waals surface area (Å²) in [4.78, 5) is 67.8. The third-order valence-corrected chi connectivity index (χ3v) is 3.26. The number of carboxylic acid groups (broad SMARTS) is 2. The van der Waals surface area contributed by atoms with Crippen molar-refractivity contribution in [2.24, 2.45) is 11.5 Å². The number of rotatable bonds is 11. The van der Waals surface area contributed by atoms with Crippen molar-refractivity contribution in [1.82, 2.24) is 16.0 Å². The van der Waals surface area contributed by atoms with Gasteiger partial charge in [-0.15, -0.1) is 0 Å². The van der Waals surface area contributed by atoms with Crippen LogP contribution in [0, 0.1) is 0 Å².